The molecule has 1 aromatic heterocycles. The molecular weight excluding hydrogens is 156 g/mol. The minimum Gasteiger partial charge on any atom is -0.394 e. The zero-order valence-electron chi connectivity index (χ0n) is 6.86. The van der Waals surface area contributed by atoms with Gasteiger partial charge in [-0.2, -0.15) is 0 Å². The van der Waals surface area contributed by atoms with Gasteiger partial charge in [0.05, 0.1) is 6.61 Å². The van der Waals surface area contributed by atoms with E-state index < -0.39 is 0 Å². The molecule has 12 heavy (non-hydrogen) atoms. The molecular formula is C7H12N4O. The smallest absolute Gasteiger partial charge is 0.149 e. The number of hydrogen-bond acceptors (Lipinski definition) is 5. The van der Waals surface area contributed by atoms with E-state index in [1.54, 1.807) is 12.1 Å². The minimum absolute atomic E-state index is 0.0251. The van der Waals surface area contributed by atoms with Gasteiger partial charge in [0.1, 0.15) is 11.6 Å². The fraction of sp³-hybridized carbons (Fsp3) is 0.429. The number of nitrogens with two attached hydrogens (primary N) is 1. The first-order valence-corrected chi connectivity index (χ1v) is 3.69. The Morgan fingerprint density at radius 3 is 2.83 bits per heavy atom. The maximum Gasteiger partial charge on any atom is 0.149 e. The molecule has 0 bridgehead atoms. The summed E-state index contributed by atoms with van der Waals surface area (Å²) < 4.78 is 0. The van der Waals surface area contributed by atoms with Crippen molar-refractivity contribution in [2.45, 2.75) is 13.0 Å². The molecule has 0 aromatic carbocycles. The summed E-state index contributed by atoms with van der Waals surface area (Å²) in [7, 11) is 0. The topological polar surface area (TPSA) is 84.1 Å². The van der Waals surface area contributed by atoms with Crippen molar-refractivity contribution in [2.75, 3.05) is 17.7 Å². The first-order chi connectivity index (χ1) is 5.72. The van der Waals surface area contributed by atoms with Crippen LogP contribution in [-0.4, -0.2) is 28.0 Å². The lowest BCUT2D eigenvalue weighted by molar-refractivity contribution is 0.281. The predicted molar refractivity (Wildman–Crippen MR) is 46.6 cm³/mol. The number of anilines is 2. The molecule has 0 aliphatic rings. The Labute approximate surface area is 70.6 Å². The molecule has 5 nitrogen and oxygen atoms in total. The van der Waals surface area contributed by atoms with Crippen LogP contribution in [0.2, 0.25) is 0 Å². The van der Waals surface area contributed by atoms with Crippen molar-refractivity contribution >= 4 is 11.6 Å². The number of rotatable bonds is 3. The van der Waals surface area contributed by atoms with E-state index in [1.807, 2.05) is 6.92 Å². The zero-order chi connectivity index (χ0) is 8.97. The van der Waals surface area contributed by atoms with Crippen LogP contribution in [0.5, 0.6) is 0 Å². The van der Waals surface area contributed by atoms with Crippen LogP contribution in [0.15, 0.2) is 12.1 Å². The van der Waals surface area contributed by atoms with Crippen molar-refractivity contribution in [3.8, 4) is 0 Å². The van der Waals surface area contributed by atoms with Crippen LogP contribution in [0.1, 0.15) is 6.92 Å². The van der Waals surface area contributed by atoms with Crippen LogP contribution in [0.4, 0.5) is 11.6 Å². The summed E-state index contributed by atoms with van der Waals surface area (Å²) in [5.74, 6) is 1.00. The summed E-state index contributed by atoms with van der Waals surface area (Å²) in [6, 6.07) is 3.34. The Morgan fingerprint density at radius 2 is 2.33 bits per heavy atom. The van der Waals surface area contributed by atoms with Crippen LogP contribution in [-0.2, 0) is 0 Å². The van der Waals surface area contributed by atoms with Crippen molar-refractivity contribution in [3.63, 3.8) is 0 Å². The number of nitrogens with one attached hydrogen (secondary N) is 1. The highest BCUT2D eigenvalue weighted by molar-refractivity contribution is 5.38. The van der Waals surface area contributed by atoms with Crippen molar-refractivity contribution in [3.05, 3.63) is 12.1 Å². The molecule has 0 aliphatic heterocycles. The highest BCUT2D eigenvalue weighted by Gasteiger charge is 2.00. The van der Waals surface area contributed by atoms with E-state index in [4.69, 9.17) is 10.8 Å². The third kappa shape index (κ3) is 2.35. The monoisotopic (exact) mass is 168 g/mol. The van der Waals surface area contributed by atoms with E-state index in [0.717, 1.165) is 0 Å². The molecule has 5 heteroatoms. The van der Waals surface area contributed by atoms with Gasteiger partial charge in [-0.3, -0.25) is 0 Å². The number of aromatic nitrogens is 2. The number of aliphatic hydroxyl groups excluding tert-OH is 1. The first kappa shape index (κ1) is 8.73. The van der Waals surface area contributed by atoms with Gasteiger partial charge in [0.25, 0.3) is 0 Å². The Bertz CT molecular complexity index is 236. The fourth-order valence-electron chi connectivity index (χ4n) is 0.718. The van der Waals surface area contributed by atoms with E-state index in [0.29, 0.717) is 11.6 Å². The molecule has 0 radical (unpaired) electrons. The molecule has 1 unspecified atom stereocenters. The Kier molecular flexibility index (Phi) is 2.82. The molecule has 1 heterocycles. The van der Waals surface area contributed by atoms with Gasteiger partial charge in [0.2, 0.25) is 0 Å². The molecule has 1 aromatic rings. The van der Waals surface area contributed by atoms with Crippen molar-refractivity contribution < 1.29 is 5.11 Å². The van der Waals surface area contributed by atoms with Gasteiger partial charge in [-0.1, -0.05) is 0 Å². The van der Waals surface area contributed by atoms with E-state index in [-0.39, 0.29) is 12.6 Å². The Morgan fingerprint density at radius 1 is 1.58 bits per heavy atom. The largest absolute Gasteiger partial charge is 0.394 e. The summed E-state index contributed by atoms with van der Waals surface area (Å²) >= 11 is 0. The quantitative estimate of drug-likeness (QED) is 0.584. The van der Waals surface area contributed by atoms with Gasteiger partial charge >= 0.3 is 0 Å². The predicted octanol–water partition coefficient (Wildman–Crippen LogP) is -0.149. The molecule has 0 saturated heterocycles. The fourth-order valence-corrected chi connectivity index (χ4v) is 0.718. The second-order valence-electron chi connectivity index (χ2n) is 2.57. The normalized spacial score (nSPS) is 12.5. The van der Waals surface area contributed by atoms with Crippen LogP contribution >= 0.6 is 0 Å². The van der Waals surface area contributed by atoms with Crippen LogP contribution < -0.4 is 11.1 Å². The minimum atomic E-state index is -0.0251. The summed E-state index contributed by atoms with van der Waals surface area (Å²) in [5, 5.41) is 19.1. The van der Waals surface area contributed by atoms with E-state index in [2.05, 4.69) is 15.5 Å². The summed E-state index contributed by atoms with van der Waals surface area (Å²) in [5.41, 5.74) is 5.34. The Hall–Kier alpha value is -1.36. The van der Waals surface area contributed by atoms with E-state index >= 15 is 0 Å². The maximum atomic E-state index is 8.72. The second kappa shape index (κ2) is 3.87. The third-order valence-electron chi connectivity index (χ3n) is 1.35. The van der Waals surface area contributed by atoms with Gasteiger partial charge in [-0.05, 0) is 19.1 Å². The number of nitrogen functional groups attached to an aromatic ring is 1. The number of nitrogens with zero attached hydrogens (tertiary/aromatic N) is 2. The van der Waals surface area contributed by atoms with Crippen molar-refractivity contribution in [1.29, 1.82) is 0 Å². The summed E-state index contributed by atoms with van der Waals surface area (Å²) in [6.07, 6.45) is 0. The maximum absolute atomic E-state index is 8.72. The molecule has 4 N–H and O–H groups in total. The lowest BCUT2D eigenvalue weighted by Crippen LogP contribution is -2.20. The van der Waals surface area contributed by atoms with E-state index in [9.17, 15) is 0 Å². The van der Waals surface area contributed by atoms with Crippen molar-refractivity contribution in [2.24, 2.45) is 0 Å². The third-order valence-corrected chi connectivity index (χ3v) is 1.35. The Balaban J connectivity index is 2.58. The van der Waals surface area contributed by atoms with Gasteiger partial charge in [-0.25, -0.2) is 0 Å². The van der Waals surface area contributed by atoms with Crippen molar-refractivity contribution in [1.82, 2.24) is 10.2 Å². The van der Waals surface area contributed by atoms with Gasteiger partial charge < -0.3 is 16.2 Å². The second-order valence-corrected chi connectivity index (χ2v) is 2.57. The lowest BCUT2D eigenvalue weighted by Gasteiger charge is -2.09. The van der Waals surface area contributed by atoms with Gasteiger partial charge in [0.15, 0.2) is 0 Å². The molecule has 0 aliphatic carbocycles. The standard InChI is InChI=1S/C7H12N4O/c1-5(4-12)9-7-3-2-6(8)10-11-7/h2-3,5,12H,4H2,1H3,(H2,8,10)(H,9,11). The summed E-state index contributed by atoms with van der Waals surface area (Å²) in [6.45, 7) is 1.91. The lowest BCUT2D eigenvalue weighted by atomic mass is 10.3. The molecule has 1 rings (SSSR count). The van der Waals surface area contributed by atoms with E-state index in [1.165, 1.54) is 0 Å². The molecule has 0 fully saturated rings. The molecule has 66 valence electrons. The average Bonchev–Trinajstić information content (AvgIpc) is 2.09. The molecule has 0 amide bonds. The highest BCUT2D eigenvalue weighted by Crippen LogP contribution is 2.03. The molecule has 1 atom stereocenters. The van der Waals surface area contributed by atoms with Crippen LogP contribution in [0, 0.1) is 0 Å². The highest BCUT2D eigenvalue weighted by atomic mass is 16.3. The molecule has 0 saturated carbocycles. The first-order valence-electron chi connectivity index (χ1n) is 3.69. The average molecular weight is 168 g/mol. The SMILES string of the molecule is CC(CO)Nc1ccc(N)nn1. The van der Waals surface area contributed by atoms with Crippen LogP contribution in [0.3, 0.4) is 0 Å². The van der Waals surface area contributed by atoms with Crippen LogP contribution in [0.25, 0.3) is 0 Å². The van der Waals surface area contributed by atoms with Gasteiger partial charge in [-0.15, -0.1) is 10.2 Å². The summed E-state index contributed by atoms with van der Waals surface area (Å²) in [4.78, 5) is 0. The molecule has 0 spiro atoms. The number of aliphatic hydroxyl groups is 1. The zero-order valence-corrected chi connectivity index (χ0v) is 6.86. The van der Waals surface area contributed by atoms with Gasteiger partial charge in [0, 0.05) is 6.04 Å². The number of hydrogen-bond donors (Lipinski definition) is 3.